The van der Waals surface area contributed by atoms with Crippen LogP contribution in [0.1, 0.15) is 23.1 Å². The molecular formula is C24H33N3O2. The smallest absolute Gasteiger partial charge is 0.223 e. The molecule has 1 fully saturated rings. The number of nitrogens with zero attached hydrogens (tertiary/aromatic N) is 2. The Labute approximate surface area is 174 Å². The molecule has 0 aliphatic carbocycles. The van der Waals surface area contributed by atoms with Gasteiger partial charge in [-0.3, -0.25) is 14.6 Å². The Balaban J connectivity index is 1.25. The van der Waals surface area contributed by atoms with Gasteiger partial charge in [0.15, 0.2) is 0 Å². The molecule has 0 atom stereocenters. The van der Waals surface area contributed by atoms with Gasteiger partial charge in [0.1, 0.15) is 5.75 Å². The number of amides is 1. The molecule has 3 rings (SSSR count). The van der Waals surface area contributed by atoms with Crippen LogP contribution in [0.5, 0.6) is 5.75 Å². The van der Waals surface area contributed by atoms with Crippen molar-refractivity contribution in [2.75, 3.05) is 45.9 Å². The topological polar surface area (TPSA) is 44.8 Å². The zero-order valence-corrected chi connectivity index (χ0v) is 17.7. The quantitative estimate of drug-likeness (QED) is 0.709. The van der Waals surface area contributed by atoms with E-state index in [1.54, 1.807) is 0 Å². The Kier molecular flexibility index (Phi) is 8.08. The van der Waals surface area contributed by atoms with Crippen LogP contribution in [0.3, 0.4) is 0 Å². The lowest BCUT2D eigenvalue weighted by Gasteiger charge is -2.34. The van der Waals surface area contributed by atoms with Crippen LogP contribution in [0.15, 0.2) is 48.5 Å². The molecule has 5 heteroatoms. The molecule has 1 heterocycles. The van der Waals surface area contributed by atoms with Gasteiger partial charge in [0, 0.05) is 45.8 Å². The number of nitrogens with one attached hydrogen (secondary N) is 1. The maximum absolute atomic E-state index is 12.0. The van der Waals surface area contributed by atoms with Gasteiger partial charge in [0.25, 0.3) is 0 Å². The Hall–Kier alpha value is -2.37. The van der Waals surface area contributed by atoms with E-state index in [1.165, 1.54) is 16.7 Å². The van der Waals surface area contributed by atoms with E-state index >= 15 is 0 Å². The van der Waals surface area contributed by atoms with Gasteiger partial charge >= 0.3 is 0 Å². The number of carbonyl (C=O) groups excluding carboxylic acids is 1. The van der Waals surface area contributed by atoms with E-state index < -0.39 is 0 Å². The van der Waals surface area contributed by atoms with E-state index in [0.717, 1.165) is 45.0 Å². The molecule has 156 valence electrons. The third-order valence-corrected chi connectivity index (χ3v) is 5.54. The second-order valence-corrected chi connectivity index (χ2v) is 7.80. The Bertz CT molecular complexity index is 771. The minimum Gasteiger partial charge on any atom is -0.493 e. The van der Waals surface area contributed by atoms with Crippen molar-refractivity contribution in [2.45, 2.75) is 26.8 Å². The van der Waals surface area contributed by atoms with Crippen LogP contribution in [-0.4, -0.2) is 61.6 Å². The molecule has 5 nitrogen and oxygen atoms in total. The van der Waals surface area contributed by atoms with Crippen molar-refractivity contribution in [2.24, 2.45) is 0 Å². The maximum Gasteiger partial charge on any atom is 0.223 e. The van der Waals surface area contributed by atoms with E-state index in [9.17, 15) is 4.79 Å². The molecule has 0 radical (unpaired) electrons. The van der Waals surface area contributed by atoms with Crippen LogP contribution in [0, 0.1) is 13.8 Å². The monoisotopic (exact) mass is 395 g/mol. The molecule has 1 N–H and O–H groups in total. The second-order valence-electron chi connectivity index (χ2n) is 7.80. The van der Waals surface area contributed by atoms with Gasteiger partial charge in [0.2, 0.25) is 5.91 Å². The third-order valence-electron chi connectivity index (χ3n) is 5.54. The third kappa shape index (κ3) is 7.18. The molecule has 0 saturated carbocycles. The Morgan fingerprint density at radius 3 is 2.41 bits per heavy atom. The molecular weight excluding hydrogens is 362 g/mol. The fraction of sp³-hybridized carbons (Fsp3) is 0.458. The van der Waals surface area contributed by atoms with Crippen LogP contribution in [0.25, 0.3) is 0 Å². The molecule has 2 aromatic rings. The van der Waals surface area contributed by atoms with E-state index in [1.807, 2.05) is 18.2 Å². The van der Waals surface area contributed by atoms with Crippen molar-refractivity contribution in [3.8, 4) is 5.75 Å². The summed E-state index contributed by atoms with van der Waals surface area (Å²) >= 11 is 0. The second kappa shape index (κ2) is 11.0. The first-order chi connectivity index (χ1) is 14.1. The highest BCUT2D eigenvalue weighted by molar-refractivity contribution is 5.75. The normalized spacial score (nSPS) is 15.2. The molecule has 0 aromatic heterocycles. The van der Waals surface area contributed by atoms with Crippen LogP contribution in [0.4, 0.5) is 0 Å². The summed E-state index contributed by atoms with van der Waals surface area (Å²) in [7, 11) is 0. The van der Waals surface area contributed by atoms with Crippen molar-refractivity contribution in [3.05, 3.63) is 65.2 Å². The van der Waals surface area contributed by atoms with Crippen LogP contribution in [-0.2, 0) is 11.3 Å². The van der Waals surface area contributed by atoms with E-state index in [4.69, 9.17) is 4.74 Å². The highest BCUT2D eigenvalue weighted by Crippen LogP contribution is 2.16. The fourth-order valence-corrected chi connectivity index (χ4v) is 3.52. The Morgan fingerprint density at radius 1 is 0.966 bits per heavy atom. The molecule has 0 spiro atoms. The van der Waals surface area contributed by atoms with Crippen molar-refractivity contribution in [1.29, 1.82) is 0 Å². The first-order valence-electron chi connectivity index (χ1n) is 10.6. The van der Waals surface area contributed by atoms with Crippen LogP contribution < -0.4 is 10.1 Å². The van der Waals surface area contributed by atoms with Crippen molar-refractivity contribution >= 4 is 5.91 Å². The number of carbonyl (C=O) groups is 1. The van der Waals surface area contributed by atoms with Crippen molar-refractivity contribution in [3.63, 3.8) is 0 Å². The number of aryl methyl sites for hydroxylation is 2. The van der Waals surface area contributed by atoms with Gasteiger partial charge in [-0.1, -0.05) is 36.4 Å². The van der Waals surface area contributed by atoms with E-state index in [0.29, 0.717) is 19.6 Å². The fourth-order valence-electron chi connectivity index (χ4n) is 3.52. The number of piperazine rings is 1. The highest BCUT2D eigenvalue weighted by Gasteiger charge is 2.16. The lowest BCUT2D eigenvalue weighted by atomic mass is 10.1. The van der Waals surface area contributed by atoms with Gasteiger partial charge in [-0.25, -0.2) is 0 Å². The highest BCUT2D eigenvalue weighted by atomic mass is 16.5. The first kappa shape index (κ1) is 21.3. The maximum atomic E-state index is 12.0. The summed E-state index contributed by atoms with van der Waals surface area (Å²) in [5.41, 5.74) is 3.82. The molecule has 0 unspecified atom stereocenters. The van der Waals surface area contributed by atoms with Gasteiger partial charge < -0.3 is 10.1 Å². The van der Waals surface area contributed by atoms with Gasteiger partial charge in [-0.15, -0.1) is 0 Å². The van der Waals surface area contributed by atoms with Crippen LogP contribution in [0.2, 0.25) is 0 Å². The Morgan fingerprint density at radius 2 is 1.69 bits per heavy atom. The van der Waals surface area contributed by atoms with Crippen molar-refractivity contribution < 1.29 is 9.53 Å². The molecule has 1 aliphatic rings. The zero-order valence-electron chi connectivity index (χ0n) is 17.7. The number of hydrogen-bond acceptors (Lipinski definition) is 4. The molecule has 1 saturated heterocycles. The van der Waals surface area contributed by atoms with Crippen LogP contribution >= 0.6 is 0 Å². The molecule has 29 heavy (non-hydrogen) atoms. The molecule has 1 aliphatic heterocycles. The summed E-state index contributed by atoms with van der Waals surface area (Å²) in [4.78, 5) is 17.0. The molecule has 1 amide bonds. The predicted molar refractivity (Wildman–Crippen MR) is 117 cm³/mol. The van der Waals surface area contributed by atoms with Crippen molar-refractivity contribution in [1.82, 2.24) is 15.1 Å². The summed E-state index contributed by atoms with van der Waals surface area (Å²) in [6, 6.07) is 16.7. The minimum atomic E-state index is 0.0524. The minimum absolute atomic E-state index is 0.0524. The van der Waals surface area contributed by atoms with Gasteiger partial charge in [-0.2, -0.15) is 0 Å². The standard InChI is InChI=1S/C24H33N3O2/c1-20-8-9-23(18-21(20)2)29-17-10-24(28)25-11-12-26-13-15-27(16-14-26)19-22-6-4-3-5-7-22/h3-9,18H,10-17,19H2,1-2H3,(H,25,28). The largest absolute Gasteiger partial charge is 0.493 e. The van der Waals surface area contributed by atoms with E-state index in [2.05, 4.69) is 59.3 Å². The summed E-state index contributed by atoms with van der Waals surface area (Å²) in [5.74, 6) is 0.880. The summed E-state index contributed by atoms with van der Waals surface area (Å²) in [5, 5.41) is 3.01. The molecule has 0 bridgehead atoms. The lowest BCUT2D eigenvalue weighted by Crippen LogP contribution is -2.48. The molecule has 2 aromatic carbocycles. The predicted octanol–water partition coefficient (Wildman–Crippen LogP) is 3.01. The summed E-state index contributed by atoms with van der Waals surface area (Å²) in [6.07, 6.45) is 0.387. The van der Waals surface area contributed by atoms with Gasteiger partial charge in [-0.05, 0) is 42.7 Å². The van der Waals surface area contributed by atoms with E-state index in [-0.39, 0.29) is 5.91 Å². The average molecular weight is 396 g/mol. The average Bonchev–Trinajstić information content (AvgIpc) is 2.73. The number of rotatable bonds is 9. The number of benzene rings is 2. The lowest BCUT2D eigenvalue weighted by molar-refractivity contribution is -0.121. The SMILES string of the molecule is Cc1ccc(OCCC(=O)NCCN2CCN(Cc3ccccc3)CC2)cc1C. The number of hydrogen-bond donors (Lipinski definition) is 1. The summed E-state index contributed by atoms with van der Waals surface area (Å²) in [6.45, 7) is 11.4. The summed E-state index contributed by atoms with van der Waals surface area (Å²) < 4.78 is 5.69. The first-order valence-corrected chi connectivity index (χ1v) is 10.6. The van der Waals surface area contributed by atoms with Gasteiger partial charge in [0.05, 0.1) is 13.0 Å². The number of ether oxygens (including phenoxy) is 1. The zero-order chi connectivity index (χ0) is 20.5.